The first-order valence-corrected chi connectivity index (χ1v) is 5.82. The van der Waals surface area contributed by atoms with Crippen LogP contribution in [0.15, 0.2) is 35.7 Å². The number of hydrogen-bond donors (Lipinski definition) is 2. The average Bonchev–Trinajstić information content (AvgIpc) is 2.64. The van der Waals surface area contributed by atoms with E-state index in [-0.39, 0.29) is 0 Å². The van der Waals surface area contributed by atoms with Crippen LogP contribution in [0.3, 0.4) is 0 Å². The number of benzene rings is 1. The second kappa shape index (κ2) is 4.55. The Hall–Kier alpha value is -1.19. The number of rotatable bonds is 3. The summed E-state index contributed by atoms with van der Waals surface area (Å²) in [5.74, 6) is 0. The highest BCUT2D eigenvalue weighted by Gasteiger charge is 1.97. The summed E-state index contributed by atoms with van der Waals surface area (Å²) < 4.78 is 0. The molecule has 15 heavy (non-hydrogen) atoms. The van der Waals surface area contributed by atoms with Crippen LogP contribution in [0, 0.1) is 0 Å². The molecule has 2 nitrogen and oxygen atoms in total. The number of nitrogen functional groups attached to an aromatic ring is 1. The van der Waals surface area contributed by atoms with E-state index in [9.17, 15) is 0 Å². The summed E-state index contributed by atoms with van der Waals surface area (Å²) in [4.78, 5) is 1.22. The maximum Gasteiger partial charge on any atom is 0.0516 e. The van der Waals surface area contributed by atoms with Crippen LogP contribution in [0.25, 0.3) is 0 Å². The van der Waals surface area contributed by atoms with Gasteiger partial charge >= 0.3 is 0 Å². The summed E-state index contributed by atoms with van der Waals surface area (Å²) in [6.07, 6.45) is 0. The zero-order valence-corrected chi connectivity index (χ0v) is 9.61. The van der Waals surface area contributed by atoms with Crippen molar-refractivity contribution in [2.75, 3.05) is 11.1 Å². The number of halogens is 1. The van der Waals surface area contributed by atoms with Gasteiger partial charge in [-0.1, -0.05) is 11.6 Å². The van der Waals surface area contributed by atoms with Crippen molar-refractivity contribution in [2.24, 2.45) is 0 Å². The Balaban J connectivity index is 1.96. The van der Waals surface area contributed by atoms with Crippen molar-refractivity contribution < 1.29 is 0 Å². The molecule has 1 aromatic carbocycles. The van der Waals surface area contributed by atoms with E-state index in [2.05, 4.69) is 5.32 Å². The van der Waals surface area contributed by atoms with E-state index < -0.39 is 0 Å². The Morgan fingerprint density at radius 1 is 1.27 bits per heavy atom. The SMILES string of the molecule is Nc1ccc(NCc2cc(Cl)cs2)cc1. The molecule has 0 aliphatic carbocycles. The van der Waals surface area contributed by atoms with E-state index in [1.165, 1.54) is 4.88 Å². The monoisotopic (exact) mass is 238 g/mol. The zero-order valence-electron chi connectivity index (χ0n) is 8.03. The molecule has 0 saturated heterocycles. The molecule has 0 spiro atoms. The molecular formula is C11H11ClN2S. The summed E-state index contributed by atoms with van der Waals surface area (Å²) in [5.41, 5.74) is 7.44. The number of thiophene rings is 1. The molecule has 0 unspecified atom stereocenters. The molecule has 4 heteroatoms. The van der Waals surface area contributed by atoms with E-state index >= 15 is 0 Å². The fourth-order valence-corrected chi connectivity index (χ4v) is 2.25. The van der Waals surface area contributed by atoms with Crippen molar-refractivity contribution in [3.63, 3.8) is 0 Å². The summed E-state index contributed by atoms with van der Waals surface area (Å²) in [7, 11) is 0. The normalized spacial score (nSPS) is 10.2. The van der Waals surface area contributed by atoms with E-state index in [4.69, 9.17) is 17.3 Å². The second-order valence-corrected chi connectivity index (χ2v) is 4.64. The zero-order chi connectivity index (χ0) is 10.7. The highest BCUT2D eigenvalue weighted by atomic mass is 35.5. The fourth-order valence-electron chi connectivity index (χ4n) is 1.24. The van der Waals surface area contributed by atoms with E-state index in [1.54, 1.807) is 11.3 Å². The topological polar surface area (TPSA) is 38.0 Å². The Labute approximate surface area is 97.7 Å². The Morgan fingerprint density at radius 3 is 2.60 bits per heavy atom. The first kappa shape index (κ1) is 10.3. The van der Waals surface area contributed by atoms with Crippen LogP contribution in [-0.2, 0) is 6.54 Å². The standard InChI is InChI=1S/C11H11ClN2S/c12-8-5-11(15-7-8)6-14-10-3-1-9(13)2-4-10/h1-5,7,14H,6,13H2. The maximum atomic E-state index is 5.83. The number of nitrogens with two attached hydrogens (primary N) is 1. The molecular weight excluding hydrogens is 228 g/mol. The Bertz CT molecular complexity index is 436. The fraction of sp³-hybridized carbons (Fsp3) is 0.0909. The van der Waals surface area contributed by atoms with Crippen molar-refractivity contribution in [3.8, 4) is 0 Å². The molecule has 0 amide bonds. The quantitative estimate of drug-likeness (QED) is 0.802. The number of nitrogens with one attached hydrogen (secondary N) is 1. The molecule has 0 aliphatic heterocycles. The molecule has 78 valence electrons. The number of hydrogen-bond acceptors (Lipinski definition) is 3. The summed E-state index contributed by atoms with van der Waals surface area (Å²) in [6.45, 7) is 0.793. The smallest absolute Gasteiger partial charge is 0.0516 e. The highest BCUT2D eigenvalue weighted by Crippen LogP contribution is 2.20. The van der Waals surface area contributed by atoms with Gasteiger partial charge in [0, 0.05) is 28.2 Å². The van der Waals surface area contributed by atoms with Gasteiger partial charge in [0.2, 0.25) is 0 Å². The van der Waals surface area contributed by atoms with Crippen LogP contribution in [-0.4, -0.2) is 0 Å². The first-order valence-electron chi connectivity index (χ1n) is 4.56. The van der Waals surface area contributed by atoms with Crippen molar-refractivity contribution >= 4 is 34.3 Å². The third-order valence-electron chi connectivity index (χ3n) is 2.00. The van der Waals surface area contributed by atoms with Gasteiger partial charge in [-0.15, -0.1) is 11.3 Å². The lowest BCUT2D eigenvalue weighted by molar-refractivity contribution is 1.19. The van der Waals surface area contributed by atoms with Gasteiger partial charge in [-0.2, -0.15) is 0 Å². The lowest BCUT2D eigenvalue weighted by atomic mass is 10.3. The molecule has 3 N–H and O–H groups in total. The second-order valence-electron chi connectivity index (χ2n) is 3.21. The highest BCUT2D eigenvalue weighted by molar-refractivity contribution is 7.10. The molecule has 0 saturated carbocycles. The van der Waals surface area contributed by atoms with Crippen molar-refractivity contribution in [1.82, 2.24) is 0 Å². The van der Waals surface area contributed by atoms with Crippen molar-refractivity contribution in [1.29, 1.82) is 0 Å². The predicted molar refractivity (Wildman–Crippen MR) is 67.5 cm³/mol. The lowest BCUT2D eigenvalue weighted by Gasteiger charge is -2.04. The van der Waals surface area contributed by atoms with Crippen LogP contribution in [0.2, 0.25) is 5.02 Å². The summed E-state index contributed by atoms with van der Waals surface area (Å²) >= 11 is 7.48. The maximum absolute atomic E-state index is 5.83. The van der Waals surface area contributed by atoms with Gasteiger partial charge < -0.3 is 11.1 Å². The molecule has 2 aromatic rings. The van der Waals surface area contributed by atoms with Crippen LogP contribution in [0.5, 0.6) is 0 Å². The number of anilines is 2. The largest absolute Gasteiger partial charge is 0.399 e. The van der Waals surface area contributed by atoms with Crippen molar-refractivity contribution in [2.45, 2.75) is 6.54 Å². The molecule has 0 radical (unpaired) electrons. The summed E-state index contributed by atoms with van der Waals surface area (Å²) in [5, 5.41) is 6.03. The van der Waals surface area contributed by atoms with Gasteiger partial charge in [-0.3, -0.25) is 0 Å². The molecule has 1 aromatic heterocycles. The Morgan fingerprint density at radius 2 is 2.00 bits per heavy atom. The van der Waals surface area contributed by atoms with Crippen molar-refractivity contribution in [3.05, 3.63) is 45.6 Å². The average molecular weight is 239 g/mol. The van der Waals surface area contributed by atoms with Gasteiger partial charge in [0.25, 0.3) is 0 Å². The van der Waals surface area contributed by atoms with Gasteiger partial charge in [0.05, 0.1) is 5.02 Å². The first-order chi connectivity index (χ1) is 7.24. The van der Waals surface area contributed by atoms with Gasteiger partial charge in [-0.25, -0.2) is 0 Å². The van der Waals surface area contributed by atoms with Gasteiger partial charge in [-0.05, 0) is 30.3 Å². The van der Waals surface area contributed by atoms with Crippen LogP contribution in [0.1, 0.15) is 4.88 Å². The third-order valence-corrected chi connectivity index (χ3v) is 3.28. The minimum Gasteiger partial charge on any atom is -0.399 e. The van der Waals surface area contributed by atoms with Crippen LogP contribution in [0.4, 0.5) is 11.4 Å². The van der Waals surface area contributed by atoms with Gasteiger partial charge in [0.15, 0.2) is 0 Å². The van der Waals surface area contributed by atoms with Crippen LogP contribution < -0.4 is 11.1 Å². The third kappa shape index (κ3) is 2.88. The lowest BCUT2D eigenvalue weighted by Crippen LogP contribution is -1.97. The molecule has 2 rings (SSSR count). The molecule has 1 heterocycles. The minimum atomic E-state index is 0.778. The minimum absolute atomic E-state index is 0.778. The molecule has 0 bridgehead atoms. The molecule has 0 fully saturated rings. The Kier molecular flexibility index (Phi) is 3.14. The van der Waals surface area contributed by atoms with Gasteiger partial charge in [0.1, 0.15) is 0 Å². The van der Waals surface area contributed by atoms with Crippen LogP contribution >= 0.6 is 22.9 Å². The van der Waals surface area contributed by atoms with E-state index in [1.807, 2.05) is 35.7 Å². The van der Waals surface area contributed by atoms with E-state index in [0.29, 0.717) is 0 Å². The summed E-state index contributed by atoms with van der Waals surface area (Å²) in [6, 6.07) is 9.65. The molecule has 0 aliphatic rings. The van der Waals surface area contributed by atoms with E-state index in [0.717, 1.165) is 22.9 Å². The predicted octanol–water partition coefficient (Wildman–Crippen LogP) is 3.60. The molecule has 0 atom stereocenters.